The van der Waals surface area contributed by atoms with E-state index in [-0.39, 0.29) is 6.03 Å². The summed E-state index contributed by atoms with van der Waals surface area (Å²) in [6.45, 7) is 7.90. The Hall–Kier alpha value is -2.69. The van der Waals surface area contributed by atoms with Gasteiger partial charge in [-0.25, -0.2) is 4.79 Å². The van der Waals surface area contributed by atoms with E-state index in [1.807, 2.05) is 29.2 Å². The van der Waals surface area contributed by atoms with Crippen molar-refractivity contribution >= 4 is 11.7 Å². The van der Waals surface area contributed by atoms with Crippen LogP contribution in [0.15, 0.2) is 42.5 Å². The molecule has 1 saturated heterocycles. The number of rotatable bonds is 4. The van der Waals surface area contributed by atoms with E-state index in [0.29, 0.717) is 6.54 Å². The summed E-state index contributed by atoms with van der Waals surface area (Å²) in [5.74, 6) is 0.798. The maximum Gasteiger partial charge on any atom is 0.317 e. The predicted octanol–water partition coefficient (Wildman–Crippen LogP) is 3.34. The summed E-state index contributed by atoms with van der Waals surface area (Å²) < 4.78 is 5.33. The Morgan fingerprint density at radius 2 is 1.77 bits per heavy atom. The fraction of sp³-hybridized carbons (Fsp3) is 0.381. The molecule has 1 heterocycles. The number of carbonyl (C=O) groups excluding carboxylic acids is 1. The molecule has 2 aromatic rings. The Balaban J connectivity index is 1.52. The molecule has 0 aliphatic carbocycles. The van der Waals surface area contributed by atoms with Crippen molar-refractivity contribution in [3.63, 3.8) is 0 Å². The smallest absolute Gasteiger partial charge is 0.317 e. The Morgan fingerprint density at radius 1 is 1.04 bits per heavy atom. The van der Waals surface area contributed by atoms with Crippen LogP contribution >= 0.6 is 0 Å². The van der Waals surface area contributed by atoms with Gasteiger partial charge in [0.25, 0.3) is 0 Å². The third-order valence-corrected chi connectivity index (χ3v) is 5.05. The molecular formula is C21H27N3O2. The third-order valence-electron chi connectivity index (χ3n) is 5.05. The Labute approximate surface area is 155 Å². The van der Waals surface area contributed by atoms with Crippen molar-refractivity contribution in [1.29, 1.82) is 0 Å². The number of anilines is 1. The number of para-hydroxylation sites is 1. The second kappa shape index (κ2) is 8.13. The molecule has 1 aliphatic rings. The highest BCUT2D eigenvalue weighted by Crippen LogP contribution is 2.20. The van der Waals surface area contributed by atoms with Crippen LogP contribution in [0.1, 0.15) is 16.7 Å². The van der Waals surface area contributed by atoms with E-state index in [1.54, 1.807) is 7.11 Å². The van der Waals surface area contributed by atoms with E-state index in [0.717, 1.165) is 37.5 Å². The lowest BCUT2D eigenvalue weighted by Crippen LogP contribution is -2.51. The van der Waals surface area contributed by atoms with Crippen molar-refractivity contribution in [1.82, 2.24) is 10.2 Å². The number of amides is 2. The van der Waals surface area contributed by atoms with Crippen LogP contribution in [-0.4, -0.2) is 44.2 Å². The molecule has 2 aromatic carbocycles. The Kier molecular flexibility index (Phi) is 5.66. The van der Waals surface area contributed by atoms with Crippen molar-refractivity contribution < 1.29 is 9.53 Å². The third kappa shape index (κ3) is 4.10. The lowest BCUT2D eigenvalue weighted by molar-refractivity contribution is 0.194. The molecule has 0 aromatic heterocycles. The van der Waals surface area contributed by atoms with E-state index < -0.39 is 0 Å². The van der Waals surface area contributed by atoms with Crippen LogP contribution in [-0.2, 0) is 6.54 Å². The van der Waals surface area contributed by atoms with Crippen LogP contribution in [0.4, 0.5) is 10.5 Å². The van der Waals surface area contributed by atoms with Crippen LogP contribution in [0.25, 0.3) is 0 Å². The van der Waals surface area contributed by atoms with E-state index in [2.05, 4.69) is 42.3 Å². The van der Waals surface area contributed by atoms with Crippen molar-refractivity contribution in [2.24, 2.45) is 0 Å². The van der Waals surface area contributed by atoms with E-state index in [1.165, 1.54) is 16.8 Å². The van der Waals surface area contributed by atoms with Gasteiger partial charge < -0.3 is 19.9 Å². The summed E-state index contributed by atoms with van der Waals surface area (Å²) in [7, 11) is 1.65. The molecule has 138 valence electrons. The molecule has 1 aliphatic heterocycles. The van der Waals surface area contributed by atoms with Gasteiger partial charge in [0, 0.05) is 44.0 Å². The standard InChI is InChI=1S/C21H27N3O2/c1-16-8-9-19(14-17(16)2)23-10-12-24(13-11-23)21(25)22-15-18-6-4-5-7-20(18)26-3/h4-9,14H,10-13,15H2,1-3H3,(H,22,25). The van der Waals surface area contributed by atoms with Gasteiger partial charge in [0.05, 0.1) is 7.11 Å². The number of nitrogens with one attached hydrogen (secondary N) is 1. The van der Waals surface area contributed by atoms with Gasteiger partial charge in [-0.2, -0.15) is 0 Å². The molecule has 5 nitrogen and oxygen atoms in total. The molecule has 3 rings (SSSR count). The number of piperazine rings is 1. The first kappa shape index (κ1) is 18.1. The van der Waals surface area contributed by atoms with Crippen molar-refractivity contribution in [2.45, 2.75) is 20.4 Å². The largest absolute Gasteiger partial charge is 0.496 e. The van der Waals surface area contributed by atoms with Gasteiger partial charge in [-0.1, -0.05) is 24.3 Å². The van der Waals surface area contributed by atoms with Crippen LogP contribution in [0.5, 0.6) is 5.75 Å². The minimum atomic E-state index is -0.0179. The molecular weight excluding hydrogens is 326 g/mol. The second-order valence-corrected chi connectivity index (χ2v) is 6.71. The zero-order valence-corrected chi connectivity index (χ0v) is 15.8. The van der Waals surface area contributed by atoms with Crippen LogP contribution in [0, 0.1) is 13.8 Å². The molecule has 26 heavy (non-hydrogen) atoms. The highest BCUT2D eigenvalue weighted by Gasteiger charge is 2.21. The van der Waals surface area contributed by atoms with Gasteiger partial charge in [-0.05, 0) is 43.2 Å². The highest BCUT2D eigenvalue weighted by molar-refractivity contribution is 5.74. The maximum absolute atomic E-state index is 12.5. The minimum absolute atomic E-state index is 0.0179. The van der Waals surface area contributed by atoms with Crippen LogP contribution < -0.4 is 15.0 Å². The molecule has 5 heteroatoms. The second-order valence-electron chi connectivity index (χ2n) is 6.71. The molecule has 0 unspecified atom stereocenters. The van der Waals surface area contributed by atoms with Crippen molar-refractivity contribution in [3.8, 4) is 5.75 Å². The topological polar surface area (TPSA) is 44.8 Å². The molecule has 0 spiro atoms. The summed E-state index contributed by atoms with van der Waals surface area (Å²) in [4.78, 5) is 16.7. The molecule has 0 atom stereocenters. The number of hydrogen-bond acceptors (Lipinski definition) is 3. The van der Waals surface area contributed by atoms with Gasteiger partial charge in [0.2, 0.25) is 0 Å². The average Bonchev–Trinajstić information content (AvgIpc) is 2.68. The summed E-state index contributed by atoms with van der Waals surface area (Å²) in [5.41, 5.74) is 4.84. The number of carbonyl (C=O) groups is 1. The van der Waals surface area contributed by atoms with E-state index in [4.69, 9.17) is 4.74 Å². The zero-order valence-electron chi connectivity index (χ0n) is 15.8. The molecule has 0 bridgehead atoms. The predicted molar refractivity (Wildman–Crippen MR) is 105 cm³/mol. The fourth-order valence-corrected chi connectivity index (χ4v) is 3.22. The normalized spacial score (nSPS) is 14.3. The van der Waals surface area contributed by atoms with Gasteiger partial charge in [-0.3, -0.25) is 0 Å². The Morgan fingerprint density at radius 3 is 2.46 bits per heavy atom. The highest BCUT2D eigenvalue weighted by atomic mass is 16.5. The first-order valence-corrected chi connectivity index (χ1v) is 9.05. The zero-order chi connectivity index (χ0) is 18.5. The van der Waals surface area contributed by atoms with Gasteiger partial charge >= 0.3 is 6.03 Å². The number of hydrogen-bond donors (Lipinski definition) is 1. The van der Waals surface area contributed by atoms with Crippen LogP contribution in [0.2, 0.25) is 0 Å². The SMILES string of the molecule is COc1ccccc1CNC(=O)N1CCN(c2ccc(C)c(C)c2)CC1. The Bertz CT molecular complexity index is 768. The molecule has 1 N–H and O–H groups in total. The summed E-state index contributed by atoms with van der Waals surface area (Å²) in [6, 6.07) is 14.3. The lowest BCUT2D eigenvalue weighted by atomic mass is 10.1. The van der Waals surface area contributed by atoms with Crippen LogP contribution in [0.3, 0.4) is 0 Å². The summed E-state index contributed by atoms with van der Waals surface area (Å²) in [6.07, 6.45) is 0. The maximum atomic E-state index is 12.5. The minimum Gasteiger partial charge on any atom is -0.496 e. The lowest BCUT2D eigenvalue weighted by Gasteiger charge is -2.36. The number of nitrogens with zero attached hydrogens (tertiary/aromatic N) is 2. The summed E-state index contributed by atoms with van der Waals surface area (Å²) in [5, 5.41) is 3.00. The molecule has 0 radical (unpaired) electrons. The van der Waals surface area contributed by atoms with Crippen molar-refractivity contribution in [2.75, 3.05) is 38.2 Å². The monoisotopic (exact) mass is 353 g/mol. The number of benzene rings is 2. The van der Waals surface area contributed by atoms with Crippen molar-refractivity contribution in [3.05, 3.63) is 59.2 Å². The van der Waals surface area contributed by atoms with E-state index in [9.17, 15) is 4.79 Å². The fourth-order valence-electron chi connectivity index (χ4n) is 3.22. The summed E-state index contributed by atoms with van der Waals surface area (Å²) >= 11 is 0. The molecule has 0 saturated carbocycles. The number of ether oxygens (including phenoxy) is 1. The van der Waals surface area contributed by atoms with Gasteiger partial charge in [0.1, 0.15) is 5.75 Å². The van der Waals surface area contributed by atoms with Gasteiger partial charge in [-0.15, -0.1) is 0 Å². The van der Waals surface area contributed by atoms with Gasteiger partial charge in [0.15, 0.2) is 0 Å². The molecule has 2 amide bonds. The molecule has 1 fully saturated rings. The quantitative estimate of drug-likeness (QED) is 0.917. The number of urea groups is 1. The first-order valence-electron chi connectivity index (χ1n) is 9.05. The number of aryl methyl sites for hydroxylation is 2. The first-order chi connectivity index (χ1) is 12.6. The van der Waals surface area contributed by atoms with E-state index >= 15 is 0 Å². The number of methoxy groups -OCH3 is 1. The average molecular weight is 353 g/mol.